The number of hydrogen-bond donors (Lipinski definition) is 0. The van der Waals surface area contributed by atoms with Gasteiger partial charge in [0.1, 0.15) is 12.4 Å². The van der Waals surface area contributed by atoms with E-state index < -0.39 is 0 Å². The monoisotopic (exact) mass is 327 g/mol. The minimum absolute atomic E-state index is 0.0795. The minimum Gasteiger partial charge on any atom is -0.486 e. The molecule has 3 atom stereocenters. The number of para-hydroxylation sites is 1. The first-order valence-corrected chi connectivity index (χ1v) is 9.66. The second-order valence-electron chi connectivity index (χ2n) is 8.08. The fourth-order valence-corrected chi connectivity index (χ4v) is 5.33. The average molecular weight is 327 g/mol. The number of piperidine rings is 1. The Kier molecular flexibility index (Phi) is 4.62. The molecule has 0 N–H and O–H groups in total. The van der Waals surface area contributed by atoms with Crippen molar-refractivity contribution in [2.24, 2.45) is 11.8 Å². The summed E-state index contributed by atoms with van der Waals surface area (Å²) < 4.78 is 5.76. The van der Waals surface area contributed by atoms with Crippen LogP contribution < -0.4 is 4.74 Å². The van der Waals surface area contributed by atoms with E-state index in [1.54, 1.807) is 6.92 Å². The van der Waals surface area contributed by atoms with Crippen LogP contribution in [0.1, 0.15) is 56.9 Å². The van der Waals surface area contributed by atoms with E-state index in [1.807, 2.05) is 12.1 Å². The van der Waals surface area contributed by atoms with Crippen LogP contribution in [0.15, 0.2) is 24.3 Å². The molecule has 0 unspecified atom stereocenters. The summed E-state index contributed by atoms with van der Waals surface area (Å²) in [5, 5.41) is 0. The van der Waals surface area contributed by atoms with Crippen LogP contribution in [0.4, 0.5) is 0 Å². The molecule has 1 saturated heterocycles. The van der Waals surface area contributed by atoms with Crippen molar-refractivity contribution in [2.75, 3.05) is 19.7 Å². The van der Waals surface area contributed by atoms with E-state index in [0.717, 1.165) is 23.6 Å². The lowest BCUT2D eigenvalue weighted by Gasteiger charge is -2.40. The number of hydrogen-bond acceptors (Lipinski definition) is 3. The molecule has 3 aliphatic rings. The Balaban J connectivity index is 1.38. The summed E-state index contributed by atoms with van der Waals surface area (Å²) in [6.07, 6.45) is 8.33. The zero-order valence-electron chi connectivity index (χ0n) is 14.7. The van der Waals surface area contributed by atoms with E-state index in [-0.39, 0.29) is 12.4 Å². The molecule has 2 saturated carbocycles. The summed E-state index contributed by atoms with van der Waals surface area (Å²) in [6, 6.07) is 9.17. The van der Waals surface area contributed by atoms with Gasteiger partial charge in [-0.05, 0) is 81.5 Å². The third kappa shape index (κ3) is 3.23. The molecule has 24 heavy (non-hydrogen) atoms. The molecule has 2 bridgehead atoms. The van der Waals surface area contributed by atoms with Crippen LogP contribution in [0, 0.1) is 11.8 Å². The van der Waals surface area contributed by atoms with Gasteiger partial charge in [-0.3, -0.25) is 4.79 Å². The highest BCUT2D eigenvalue weighted by Gasteiger charge is 2.42. The van der Waals surface area contributed by atoms with E-state index in [4.69, 9.17) is 4.74 Å². The maximum absolute atomic E-state index is 11.2. The van der Waals surface area contributed by atoms with E-state index in [0.29, 0.717) is 5.92 Å². The first-order valence-electron chi connectivity index (χ1n) is 9.66. The fourth-order valence-electron chi connectivity index (χ4n) is 5.33. The molecule has 1 heterocycles. The molecule has 1 aliphatic heterocycles. The molecule has 0 spiro atoms. The Morgan fingerprint density at radius 2 is 1.92 bits per heavy atom. The second-order valence-corrected chi connectivity index (χ2v) is 8.08. The summed E-state index contributed by atoms with van der Waals surface area (Å²) in [4.78, 5) is 14.0. The lowest BCUT2D eigenvalue weighted by atomic mass is 9.86. The number of nitrogens with zero attached hydrogens (tertiary/aromatic N) is 1. The molecular weight excluding hydrogens is 298 g/mol. The highest BCUT2D eigenvalue weighted by molar-refractivity contribution is 5.77. The summed E-state index contributed by atoms with van der Waals surface area (Å²) in [6.45, 7) is 4.20. The van der Waals surface area contributed by atoms with Gasteiger partial charge in [-0.2, -0.15) is 0 Å². The predicted octanol–water partition coefficient (Wildman–Crippen LogP) is 4.02. The van der Waals surface area contributed by atoms with Crippen LogP contribution in [-0.2, 0) is 4.79 Å². The highest BCUT2D eigenvalue weighted by atomic mass is 16.5. The zero-order chi connectivity index (χ0) is 16.5. The number of ether oxygens (including phenoxy) is 1. The van der Waals surface area contributed by atoms with Gasteiger partial charge in [-0.25, -0.2) is 0 Å². The van der Waals surface area contributed by atoms with E-state index in [9.17, 15) is 4.79 Å². The first-order chi connectivity index (χ1) is 11.7. The molecule has 3 nitrogen and oxygen atoms in total. The molecule has 4 rings (SSSR count). The highest BCUT2D eigenvalue weighted by Crippen LogP contribution is 2.47. The molecule has 3 heteroatoms. The number of carbonyl (C=O) groups excluding carboxylic acids is 1. The SMILES string of the molecule is CC(=O)COc1ccccc1C1CCN([C@@H]2C[C@H]3CC[C@@H]2C3)CC1. The summed E-state index contributed by atoms with van der Waals surface area (Å²) >= 11 is 0. The molecular formula is C21H29NO2. The molecule has 0 radical (unpaired) electrons. The van der Waals surface area contributed by atoms with Crippen molar-refractivity contribution in [3.8, 4) is 5.75 Å². The predicted molar refractivity (Wildman–Crippen MR) is 95.4 cm³/mol. The zero-order valence-corrected chi connectivity index (χ0v) is 14.7. The van der Waals surface area contributed by atoms with Crippen LogP contribution in [0.2, 0.25) is 0 Å². The third-order valence-corrected chi connectivity index (χ3v) is 6.49. The second kappa shape index (κ2) is 6.87. The van der Waals surface area contributed by atoms with Gasteiger partial charge in [-0.1, -0.05) is 24.6 Å². The Bertz CT molecular complexity index is 591. The Hall–Kier alpha value is -1.35. The summed E-state index contributed by atoms with van der Waals surface area (Å²) in [7, 11) is 0. The first kappa shape index (κ1) is 16.1. The smallest absolute Gasteiger partial charge is 0.167 e. The standard InChI is InChI=1S/C21H29NO2/c1-15(23)14-24-21-5-3-2-4-19(21)17-8-10-22(11-9-17)20-13-16-6-7-18(20)12-16/h2-5,16-18,20H,6-14H2,1H3/t16-,18+,20+/m0/s1. The van der Waals surface area contributed by atoms with Crippen molar-refractivity contribution < 1.29 is 9.53 Å². The van der Waals surface area contributed by atoms with Crippen LogP contribution in [0.3, 0.4) is 0 Å². The largest absolute Gasteiger partial charge is 0.486 e. The quantitative estimate of drug-likeness (QED) is 0.818. The van der Waals surface area contributed by atoms with Crippen molar-refractivity contribution in [3.05, 3.63) is 29.8 Å². The molecule has 130 valence electrons. The van der Waals surface area contributed by atoms with Crippen molar-refractivity contribution in [3.63, 3.8) is 0 Å². The van der Waals surface area contributed by atoms with Gasteiger partial charge in [0, 0.05) is 6.04 Å². The number of benzene rings is 1. The topological polar surface area (TPSA) is 29.5 Å². The number of fused-ring (bicyclic) bond motifs is 2. The van der Waals surface area contributed by atoms with Gasteiger partial charge in [0.15, 0.2) is 5.78 Å². The van der Waals surface area contributed by atoms with Crippen LogP contribution in [0.25, 0.3) is 0 Å². The van der Waals surface area contributed by atoms with Crippen LogP contribution >= 0.6 is 0 Å². The average Bonchev–Trinajstić information content (AvgIpc) is 3.24. The number of rotatable bonds is 5. The van der Waals surface area contributed by atoms with Crippen molar-refractivity contribution >= 4 is 5.78 Å². The molecule has 1 aromatic carbocycles. The Morgan fingerprint density at radius 3 is 2.58 bits per heavy atom. The lowest BCUT2D eigenvalue weighted by Crippen LogP contribution is -2.43. The van der Waals surface area contributed by atoms with E-state index in [2.05, 4.69) is 17.0 Å². The summed E-state index contributed by atoms with van der Waals surface area (Å²) in [5.41, 5.74) is 1.30. The number of ketones is 1. The molecule has 2 aliphatic carbocycles. The molecule has 3 fully saturated rings. The minimum atomic E-state index is 0.0795. The van der Waals surface area contributed by atoms with E-state index in [1.165, 1.54) is 57.2 Å². The number of likely N-dealkylation sites (tertiary alicyclic amines) is 1. The van der Waals surface area contributed by atoms with Crippen molar-refractivity contribution in [2.45, 2.75) is 57.4 Å². The van der Waals surface area contributed by atoms with Crippen molar-refractivity contribution in [1.82, 2.24) is 4.90 Å². The van der Waals surface area contributed by atoms with Gasteiger partial charge in [-0.15, -0.1) is 0 Å². The van der Waals surface area contributed by atoms with Gasteiger partial charge in [0.25, 0.3) is 0 Å². The summed E-state index contributed by atoms with van der Waals surface area (Å²) in [5.74, 6) is 3.57. The van der Waals surface area contributed by atoms with E-state index >= 15 is 0 Å². The van der Waals surface area contributed by atoms with Crippen LogP contribution in [-0.4, -0.2) is 36.4 Å². The van der Waals surface area contributed by atoms with Gasteiger partial charge in [0.05, 0.1) is 0 Å². The Morgan fingerprint density at radius 1 is 1.12 bits per heavy atom. The lowest BCUT2D eigenvalue weighted by molar-refractivity contribution is -0.118. The maximum Gasteiger partial charge on any atom is 0.167 e. The van der Waals surface area contributed by atoms with Gasteiger partial charge in [0.2, 0.25) is 0 Å². The third-order valence-electron chi connectivity index (χ3n) is 6.49. The number of Topliss-reactive ketones (excluding diaryl/α,β-unsaturated/α-hetero) is 1. The normalized spacial score (nSPS) is 30.6. The maximum atomic E-state index is 11.2. The molecule has 1 aromatic rings. The molecule has 0 amide bonds. The number of carbonyl (C=O) groups is 1. The van der Waals surface area contributed by atoms with Gasteiger partial charge < -0.3 is 9.64 Å². The van der Waals surface area contributed by atoms with Gasteiger partial charge >= 0.3 is 0 Å². The Labute approximate surface area is 145 Å². The van der Waals surface area contributed by atoms with Crippen molar-refractivity contribution in [1.29, 1.82) is 0 Å². The van der Waals surface area contributed by atoms with Crippen LogP contribution in [0.5, 0.6) is 5.75 Å². The fraction of sp³-hybridized carbons (Fsp3) is 0.667. The molecule has 0 aromatic heterocycles.